The lowest BCUT2D eigenvalue weighted by molar-refractivity contribution is -0.122. The van der Waals surface area contributed by atoms with Gasteiger partial charge in [0.05, 0.1) is 0 Å². The molecule has 0 aliphatic heterocycles. The Morgan fingerprint density at radius 2 is 2.27 bits per heavy atom. The number of nitrogens with zero attached hydrogens (tertiary/aromatic N) is 1. The van der Waals surface area contributed by atoms with E-state index in [4.69, 9.17) is 0 Å². The second kappa shape index (κ2) is 4.61. The number of thiazole rings is 1. The number of carbonyl (C=O) groups is 1. The van der Waals surface area contributed by atoms with Gasteiger partial charge in [-0.15, -0.1) is 0 Å². The monoisotopic (exact) mass is 226 g/mol. The molecule has 1 saturated carbocycles. The van der Waals surface area contributed by atoms with Crippen LogP contribution in [-0.4, -0.2) is 16.5 Å². The highest BCUT2D eigenvalue weighted by Gasteiger charge is 2.17. The van der Waals surface area contributed by atoms with Crippen molar-refractivity contribution in [2.45, 2.75) is 38.3 Å². The molecule has 1 aliphatic rings. The van der Waals surface area contributed by atoms with Crippen molar-refractivity contribution in [2.75, 3.05) is 0 Å². The molecule has 1 aromatic rings. The van der Waals surface area contributed by atoms with Gasteiger partial charge in [0.15, 0.2) is 0 Å². The molecule has 2 rings (SSSR count). The van der Waals surface area contributed by atoms with Gasteiger partial charge in [0.1, 0.15) is 6.54 Å². The minimum Gasteiger partial charge on any atom is -0.352 e. The maximum Gasteiger partial charge on any atom is 0.307 e. The average molecular weight is 226 g/mol. The molecule has 0 atom stereocenters. The van der Waals surface area contributed by atoms with Gasteiger partial charge in [-0.25, -0.2) is 0 Å². The van der Waals surface area contributed by atoms with Crippen LogP contribution in [0.5, 0.6) is 0 Å². The van der Waals surface area contributed by atoms with Crippen molar-refractivity contribution in [2.24, 2.45) is 0 Å². The lowest BCUT2D eigenvalue weighted by atomic mass is 10.2. The summed E-state index contributed by atoms with van der Waals surface area (Å²) in [5.74, 6) is -0.0533. The Kier molecular flexibility index (Phi) is 3.20. The quantitative estimate of drug-likeness (QED) is 0.835. The molecule has 0 aromatic carbocycles. The molecular formula is C10H14N2O2S. The minimum absolute atomic E-state index is 0.0533. The van der Waals surface area contributed by atoms with Crippen molar-refractivity contribution in [3.8, 4) is 0 Å². The summed E-state index contributed by atoms with van der Waals surface area (Å²) in [6.45, 7) is 0.152. The van der Waals surface area contributed by atoms with Gasteiger partial charge in [0, 0.05) is 17.6 Å². The van der Waals surface area contributed by atoms with Crippen molar-refractivity contribution in [3.63, 3.8) is 0 Å². The van der Waals surface area contributed by atoms with Gasteiger partial charge >= 0.3 is 4.87 Å². The predicted molar refractivity (Wildman–Crippen MR) is 59.0 cm³/mol. The summed E-state index contributed by atoms with van der Waals surface area (Å²) < 4.78 is 1.44. The summed E-state index contributed by atoms with van der Waals surface area (Å²) in [6.07, 6.45) is 6.20. The molecule has 1 heterocycles. The molecule has 4 nitrogen and oxygen atoms in total. The summed E-state index contributed by atoms with van der Waals surface area (Å²) in [4.78, 5) is 22.7. The number of rotatable bonds is 3. The zero-order chi connectivity index (χ0) is 10.7. The minimum atomic E-state index is -0.0726. The van der Waals surface area contributed by atoms with Crippen molar-refractivity contribution in [3.05, 3.63) is 21.2 Å². The SMILES string of the molecule is O=C(Cn1ccsc1=O)NC1CCCC1. The summed E-state index contributed by atoms with van der Waals surface area (Å²) in [5.41, 5.74) is 0. The molecule has 0 saturated heterocycles. The molecule has 0 bridgehead atoms. The summed E-state index contributed by atoms with van der Waals surface area (Å²) in [6, 6.07) is 0.326. The third kappa shape index (κ3) is 2.68. The van der Waals surface area contributed by atoms with Gasteiger partial charge in [-0.05, 0) is 12.8 Å². The van der Waals surface area contributed by atoms with Gasteiger partial charge in [0.2, 0.25) is 5.91 Å². The van der Waals surface area contributed by atoms with Gasteiger partial charge in [-0.3, -0.25) is 14.2 Å². The van der Waals surface area contributed by atoms with E-state index in [2.05, 4.69) is 5.32 Å². The molecule has 0 spiro atoms. The van der Waals surface area contributed by atoms with E-state index in [0.29, 0.717) is 6.04 Å². The van der Waals surface area contributed by atoms with E-state index in [1.807, 2.05) is 0 Å². The maximum absolute atomic E-state index is 11.6. The zero-order valence-electron chi connectivity index (χ0n) is 8.44. The van der Waals surface area contributed by atoms with E-state index in [1.165, 1.54) is 17.4 Å². The van der Waals surface area contributed by atoms with Gasteiger partial charge < -0.3 is 5.32 Å². The van der Waals surface area contributed by atoms with Crippen molar-refractivity contribution >= 4 is 17.2 Å². The van der Waals surface area contributed by atoms with E-state index in [0.717, 1.165) is 24.2 Å². The first-order valence-electron chi connectivity index (χ1n) is 5.19. The van der Waals surface area contributed by atoms with Crippen LogP contribution in [0, 0.1) is 0 Å². The fourth-order valence-corrected chi connectivity index (χ4v) is 2.49. The fraction of sp³-hybridized carbons (Fsp3) is 0.600. The Labute approximate surface area is 91.9 Å². The number of nitrogens with one attached hydrogen (secondary N) is 1. The standard InChI is InChI=1S/C10H14N2O2S/c13-9(11-8-3-1-2-4-8)7-12-5-6-15-10(12)14/h5-6,8H,1-4,7H2,(H,11,13). The number of hydrogen-bond donors (Lipinski definition) is 1. The third-order valence-corrected chi connectivity index (χ3v) is 3.37. The van der Waals surface area contributed by atoms with Gasteiger partial charge in [-0.2, -0.15) is 0 Å². The topological polar surface area (TPSA) is 51.1 Å². The summed E-state index contributed by atoms with van der Waals surface area (Å²) in [5, 5.41) is 4.65. The third-order valence-electron chi connectivity index (χ3n) is 2.68. The number of aromatic nitrogens is 1. The molecule has 0 unspecified atom stereocenters. The molecule has 1 aliphatic carbocycles. The molecule has 1 N–H and O–H groups in total. The van der Waals surface area contributed by atoms with Gasteiger partial charge in [-0.1, -0.05) is 24.2 Å². The van der Waals surface area contributed by atoms with Crippen molar-refractivity contribution in [1.29, 1.82) is 0 Å². The highest BCUT2D eigenvalue weighted by Crippen LogP contribution is 2.17. The van der Waals surface area contributed by atoms with Crippen LogP contribution >= 0.6 is 11.3 Å². The highest BCUT2D eigenvalue weighted by molar-refractivity contribution is 7.07. The van der Waals surface area contributed by atoms with Crippen molar-refractivity contribution < 1.29 is 4.79 Å². The van der Waals surface area contributed by atoms with Crippen LogP contribution in [0.15, 0.2) is 16.4 Å². The second-order valence-corrected chi connectivity index (χ2v) is 4.70. The highest BCUT2D eigenvalue weighted by atomic mass is 32.1. The molecule has 1 fully saturated rings. The smallest absolute Gasteiger partial charge is 0.307 e. The predicted octanol–water partition coefficient (Wildman–Crippen LogP) is 0.969. The van der Waals surface area contributed by atoms with E-state index in [9.17, 15) is 9.59 Å². The van der Waals surface area contributed by atoms with Crippen LogP contribution < -0.4 is 10.2 Å². The van der Waals surface area contributed by atoms with Crippen molar-refractivity contribution in [1.82, 2.24) is 9.88 Å². The second-order valence-electron chi connectivity index (χ2n) is 3.85. The van der Waals surface area contributed by atoms with Crippen LogP contribution in [0.4, 0.5) is 0 Å². The average Bonchev–Trinajstić information content (AvgIpc) is 2.79. The molecule has 15 heavy (non-hydrogen) atoms. The Balaban J connectivity index is 1.87. The first-order valence-corrected chi connectivity index (χ1v) is 6.07. The Morgan fingerprint density at radius 1 is 1.53 bits per heavy atom. The molecule has 0 radical (unpaired) electrons. The molecular weight excluding hydrogens is 212 g/mol. The first-order chi connectivity index (χ1) is 7.25. The van der Waals surface area contributed by atoms with E-state index in [-0.39, 0.29) is 17.3 Å². The molecule has 1 aromatic heterocycles. The maximum atomic E-state index is 11.6. The van der Waals surface area contributed by atoms with Crippen LogP contribution in [-0.2, 0) is 11.3 Å². The largest absolute Gasteiger partial charge is 0.352 e. The first kappa shape index (κ1) is 10.4. The van der Waals surface area contributed by atoms with Crippen LogP contribution in [0.1, 0.15) is 25.7 Å². The Hall–Kier alpha value is -1.10. The zero-order valence-corrected chi connectivity index (χ0v) is 9.26. The number of carbonyl (C=O) groups excluding carboxylic acids is 1. The normalized spacial score (nSPS) is 16.8. The van der Waals surface area contributed by atoms with Crippen LogP contribution in [0.2, 0.25) is 0 Å². The number of hydrogen-bond acceptors (Lipinski definition) is 3. The lowest BCUT2D eigenvalue weighted by Gasteiger charge is -2.11. The van der Waals surface area contributed by atoms with Crippen LogP contribution in [0.3, 0.4) is 0 Å². The van der Waals surface area contributed by atoms with Crippen LogP contribution in [0.25, 0.3) is 0 Å². The van der Waals surface area contributed by atoms with E-state index in [1.54, 1.807) is 11.6 Å². The Morgan fingerprint density at radius 3 is 2.87 bits per heavy atom. The summed E-state index contributed by atoms with van der Waals surface area (Å²) in [7, 11) is 0. The molecule has 82 valence electrons. The van der Waals surface area contributed by atoms with E-state index < -0.39 is 0 Å². The molecule has 1 amide bonds. The Bertz CT molecular complexity index is 390. The summed E-state index contributed by atoms with van der Waals surface area (Å²) >= 11 is 1.12. The lowest BCUT2D eigenvalue weighted by Crippen LogP contribution is -2.36. The molecule has 5 heteroatoms. The number of amides is 1. The van der Waals surface area contributed by atoms with E-state index >= 15 is 0 Å². The van der Waals surface area contributed by atoms with Gasteiger partial charge in [0.25, 0.3) is 0 Å². The fourth-order valence-electron chi connectivity index (χ4n) is 1.91.